The summed E-state index contributed by atoms with van der Waals surface area (Å²) in [5.41, 5.74) is 8.12. The van der Waals surface area contributed by atoms with E-state index < -0.39 is 0 Å². The van der Waals surface area contributed by atoms with E-state index in [0.717, 1.165) is 37.5 Å². The fraction of sp³-hybridized carbons (Fsp3) is 0.441. The lowest BCUT2D eigenvalue weighted by molar-refractivity contribution is 0.110. The van der Waals surface area contributed by atoms with E-state index in [2.05, 4.69) is 98.2 Å². The van der Waals surface area contributed by atoms with E-state index in [9.17, 15) is 0 Å². The van der Waals surface area contributed by atoms with E-state index in [1.165, 1.54) is 58.5 Å². The highest BCUT2D eigenvalue weighted by atomic mass is 35.5. The topological polar surface area (TPSA) is 18.8 Å². The molecule has 1 fully saturated rings. The SMILES string of the molecule is CCc1cccc(CC)c1C1=NC(c2ccc(Cl)cc2C)C(CN2CCCCC2c2ccccc2)N1CC. The second-order valence-electron chi connectivity index (χ2n) is 10.8. The highest BCUT2D eigenvalue weighted by Crippen LogP contribution is 2.40. The van der Waals surface area contributed by atoms with Gasteiger partial charge in [-0.3, -0.25) is 9.89 Å². The van der Waals surface area contributed by atoms with Crippen LogP contribution >= 0.6 is 11.6 Å². The van der Waals surface area contributed by atoms with E-state index in [0.29, 0.717) is 6.04 Å². The lowest BCUT2D eigenvalue weighted by Crippen LogP contribution is -2.48. The molecule has 5 rings (SSSR count). The largest absolute Gasteiger partial charge is 0.350 e. The molecule has 0 aromatic heterocycles. The third kappa shape index (κ3) is 5.28. The van der Waals surface area contributed by atoms with Crippen molar-refractivity contribution in [3.63, 3.8) is 0 Å². The van der Waals surface area contributed by atoms with Gasteiger partial charge in [-0.15, -0.1) is 0 Å². The zero-order chi connectivity index (χ0) is 26.6. The van der Waals surface area contributed by atoms with Gasteiger partial charge >= 0.3 is 0 Å². The lowest BCUT2D eigenvalue weighted by atomic mass is 9.91. The molecule has 3 unspecified atom stereocenters. The Morgan fingerprint density at radius 1 is 0.895 bits per heavy atom. The average molecular weight is 528 g/mol. The van der Waals surface area contributed by atoms with Gasteiger partial charge in [-0.2, -0.15) is 0 Å². The van der Waals surface area contributed by atoms with Crippen LogP contribution < -0.4 is 0 Å². The van der Waals surface area contributed by atoms with Gasteiger partial charge in [-0.05, 0) is 86.0 Å². The molecule has 200 valence electrons. The number of amidine groups is 1. The first-order valence-electron chi connectivity index (χ1n) is 14.6. The number of aliphatic imine (C=N–C) groups is 1. The fourth-order valence-corrected chi connectivity index (χ4v) is 6.92. The molecule has 0 saturated carbocycles. The van der Waals surface area contributed by atoms with Crippen molar-refractivity contribution in [1.82, 2.24) is 9.80 Å². The van der Waals surface area contributed by atoms with Crippen LogP contribution in [0.15, 0.2) is 71.7 Å². The van der Waals surface area contributed by atoms with Crippen LogP contribution in [-0.2, 0) is 12.8 Å². The number of rotatable bonds is 8. The minimum atomic E-state index is 0.0789. The molecule has 38 heavy (non-hydrogen) atoms. The minimum absolute atomic E-state index is 0.0789. The Bertz CT molecular complexity index is 1250. The summed E-state index contributed by atoms with van der Waals surface area (Å²) in [7, 11) is 0. The molecule has 3 aromatic rings. The van der Waals surface area contributed by atoms with Crippen LogP contribution in [0.4, 0.5) is 0 Å². The van der Waals surface area contributed by atoms with Gasteiger partial charge in [-0.1, -0.05) is 86.5 Å². The van der Waals surface area contributed by atoms with Crippen molar-refractivity contribution in [2.24, 2.45) is 4.99 Å². The number of aryl methyl sites for hydroxylation is 3. The third-order valence-electron chi connectivity index (χ3n) is 8.63. The van der Waals surface area contributed by atoms with Gasteiger partial charge in [0.05, 0.1) is 12.1 Å². The molecular weight excluding hydrogens is 486 g/mol. The van der Waals surface area contributed by atoms with Crippen LogP contribution in [0.5, 0.6) is 0 Å². The molecule has 0 aliphatic carbocycles. The van der Waals surface area contributed by atoms with Crippen molar-refractivity contribution in [2.45, 2.75) is 77.9 Å². The zero-order valence-electron chi connectivity index (χ0n) is 23.5. The molecule has 4 heteroatoms. The van der Waals surface area contributed by atoms with Crippen molar-refractivity contribution >= 4 is 17.4 Å². The minimum Gasteiger partial charge on any atom is -0.350 e. The van der Waals surface area contributed by atoms with E-state index in [1.54, 1.807) is 0 Å². The van der Waals surface area contributed by atoms with E-state index in [1.807, 2.05) is 6.07 Å². The third-order valence-corrected chi connectivity index (χ3v) is 8.87. The van der Waals surface area contributed by atoms with Crippen LogP contribution in [0.1, 0.15) is 85.5 Å². The number of halogens is 1. The molecule has 0 radical (unpaired) electrons. The Hall–Kier alpha value is -2.62. The number of hydrogen-bond donors (Lipinski definition) is 0. The standard InChI is InChI=1S/C34H42ClN3/c1-5-25-16-13-17-26(6-2)32(25)34-36-33(29-20-19-28(35)22-24(29)4)31(38(34)7-3)23-37-21-12-11-18-30(37)27-14-9-8-10-15-27/h8-10,13-17,19-20,22,30-31,33H,5-7,11-12,18,21,23H2,1-4H3. The van der Waals surface area contributed by atoms with Crippen LogP contribution in [-0.4, -0.2) is 41.3 Å². The molecule has 0 bridgehead atoms. The predicted octanol–water partition coefficient (Wildman–Crippen LogP) is 8.19. The number of nitrogens with zero attached hydrogens (tertiary/aromatic N) is 3. The zero-order valence-corrected chi connectivity index (χ0v) is 24.2. The highest BCUT2D eigenvalue weighted by Gasteiger charge is 2.40. The first-order chi connectivity index (χ1) is 18.5. The van der Waals surface area contributed by atoms with E-state index in [4.69, 9.17) is 16.6 Å². The maximum atomic E-state index is 6.41. The molecule has 2 aliphatic rings. The number of likely N-dealkylation sites (N-methyl/N-ethyl adjacent to an activating group) is 1. The van der Waals surface area contributed by atoms with Gasteiger partial charge in [0.1, 0.15) is 5.84 Å². The fourth-order valence-electron chi connectivity index (χ4n) is 6.69. The molecule has 3 nitrogen and oxygen atoms in total. The molecule has 3 atom stereocenters. The first kappa shape index (κ1) is 27.0. The Labute approximate surface area is 234 Å². The maximum absolute atomic E-state index is 6.41. The summed E-state index contributed by atoms with van der Waals surface area (Å²) in [5.74, 6) is 1.18. The van der Waals surface area contributed by atoms with Crippen molar-refractivity contribution in [1.29, 1.82) is 0 Å². The molecule has 3 aromatic carbocycles. The lowest BCUT2D eigenvalue weighted by Gasteiger charge is -2.41. The molecule has 0 N–H and O–H groups in total. The molecule has 2 heterocycles. The molecule has 2 aliphatic heterocycles. The summed E-state index contributed by atoms with van der Waals surface area (Å²) in [6.45, 7) is 12.1. The van der Waals surface area contributed by atoms with Gasteiger partial charge in [0.25, 0.3) is 0 Å². The van der Waals surface area contributed by atoms with Crippen LogP contribution in [0, 0.1) is 6.92 Å². The summed E-state index contributed by atoms with van der Waals surface area (Å²) in [4.78, 5) is 11.0. The molecular formula is C34H42ClN3. The van der Waals surface area contributed by atoms with Gasteiger partial charge < -0.3 is 4.90 Å². The molecule has 0 spiro atoms. The van der Waals surface area contributed by atoms with Crippen molar-refractivity contribution < 1.29 is 0 Å². The Balaban J connectivity index is 1.59. The number of likely N-dealkylation sites (tertiary alicyclic amines) is 1. The summed E-state index contributed by atoms with van der Waals surface area (Å²) in [6.07, 6.45) is 5.80. The Kier molecular flexibility index (Phi) is 8.55. The highest BCUT2D eigenvalue weighted by molar-refractivity contribution is 6.30. The number of benzene rings is 3. The van der Waals surface area contributed by atoms with Crippen LogP contribution in [0.3, 0.4) is 0 Å². The van der Waals surface area contributed by atoms with Crippen molar-refractivity contribution in [2.75, 3.05) is 19.6 Å². The quantitative estimate of drug-likeness (QED) is 0.294. The van der Waals surface area contributed by atoms with Crippen molar-refractivity contribution in [3.8, 4) is 0 Å². The molecule has 1 saturated heterocycles. The Morgan fingerprint density at radius 2 is 1.63 bits per heavy atom. The molecule has 0 amide bonds. The average Bonchev–Trinajstić information content (AvgIpc) is 3.30. The normalized spacial score (nSPS) is 22.1. The first-order valence-corrected chi connectivity index (χ1v) is 14.9. The van der Waals surface area contributed by atoms with Crippen molar-refractivity contribution in [3.05, 3.63) is 105 Å². The smallest absolute Gasteiger partial charge is 0.132 e. The summed E-state index contributed by atoms with van der Waals surface area (Å²) < 4.78 is 0. The summed E-state index contributed by atoms with van der Waals surface area (Å²) >= 11 is 6.41. The van der Waals surface area contributed by atoms with Gasteiger partial charge in [-0.25, -0.2) is 0 Å². The second kappa shape index (κ2) is 12.1. The van der Waals surface area contributed by atoms with Gasteiger partial charge in [0, 0.05) is 29.7 Å². The summed E-state index contributed by atoms with van der Waals surface area (Å²) in [6, 6.07) is 25.1. The van der Waals surface area contributed by atoms with Crippen LogP contribution in [0.2, 0.25) is 5.02 Å². The second-order valence-corrected chi connectivity index (χ2v) is 11.3. The number of hydrogen-bond acceptors (Lipinski definition) is 3. The monoisotopic (exact) mass is 527 g/mol. The predicted molar refractivity (Wildman–Crippen MR) is 161 cm³/mol. The summed E-state index contributed by atoms with van der Waals surface area (Å²) in [5, 5.41) is 0.794. The van der Waals surface area contributed by atoms with Gasteiger partial charge in [0.15, 0.2) is 0 Å². The van der Waals surface area contributed by atoms with Gasteiger partial charge in [0.2, 0.25) is 0 Å². The maximum Gasteiger partial charge on any atom is 0.132 e. The Morgan fingerprint density at radius 3 is 2.29 bits per heavy atom. The number of piperidine rings is 1. The van der Waals surface area contributed by atoms with E-state index in [-0.39, 0.29) is 12.1 Å². The van der Waals surface area contributed by atoms with Crippen LogP contribution in [0.25, 0.3) is 0 Å². The van der Waals surface area contributed by atoms with E-state index >= 15 is 0 Å².